The zero-order valence-electron chi connectivity index (χ0n) is 10.6. The molecule has 0 saturated heterocycles. The van der Waals surface area contributed by atoms with Gasteiger partial charge >= 0.3 is 0 Å². The quantitative estimate of drug-likeness (QED) is 0.814. The van der Waals surface area contributed by atoms with Crippen LogP contribution in [-0.4, -0.2) is 19.0 Å². The molecule has 1 saturated carbocycles. The lowest BCUT2D eigenvalue weighted by Crippen LogP contribution is -2.31. The second-order valence-electron chi connectivity index (χ2n) is 4.97. The highest BCUT2D eigenvalue weighted by atomic mass is 19.1. The van der Waals surface area contributed by atoms with Gasteiger partial charge in [0.15, 0.2) is 0 Å². The molecule has 1 fully saturated rings. The number of hydrogen-bond donors (Lipinski definition) is 2. The van der Waals surface area contributed by atoms with Crippen LogP contribution in [0, 0.1) is 17.7 Å². The molecule has 1 atom stereocenters. The Labute approximate surface area is 107 Å². The van der Waals surface area contributed by atoms with E-state index >= 15 is 0 Å². The van der Waals surface area contributed by atoms with Gasteiger partial charge in [0.25, 0.3) is 0 Å². The Bertz CT molecular complexity index is 418. The van der Waals surface area contributed by atoms with Gasteiger partial charge in [-0.15, -0.1) is 0 Å². The fourth-order valence-corrected chi connectivity index (χ4v) is 2.00. The van der Waals surface area contributed by atoms with Crippen LogP contribution in [0.1, 0.15) is 19.8 Å². The molecule has 0 spiro atoms. The number of carbonyl (C=O) groups is 1. The minimum absolute atomic E-state index is 0.205. The topological polar surface area (TPSA) is 41.1 Å². The van der Waals surface area contributed by atoms with E-state index < -0.39 is 5.82 Å². The second kappa shape index (κ2) is 5.96. The normalized spacial score (nSPS) is 16.3. The van der Waals surface area contributed by atoms with E-state index in [-0.39, 0.29) is 18.1 Å². The minimum atomic E-state index is -0.405. The van der Waals surface area contributed by atoms with Crippen molar-refractivity contribution in [2.45, 2.75) is 19.8 Å². The molecule has 0 heterocycles. The molecule has 0 aliphatic heterocycles. The first kappa shape index (κ1) is 13.0. The van der Waals surface area contributed by atoms with E-state index in [1.807, 2.05) is 0 Å². The number of carbonyl (C=O) groups excluding carboxylic acids is 1. The van der Waals surface area contributed by atoms with Crippen LogP contribution in [0.15, 0.2) is 24.3 Å². The van der Waals surface area contributed by atoms with E-state index in [0.29, 0.717) is 5.92 Å². The Kier molecular flexibility index (Phi) is 4.31. The molecule has 0 radical (unpaired) electrons. The van der Waals surface area contributed by atoms with Crippen LogP contribution in [0.3, 0.4) is 0 Å². The summed E-state index contributed by atoms with van der Waals surface area (Å²) in [5.74, 6) is 0.832. The first-order valence-corrected chi connectivity index (χ1v) is 6.42. The molecular formula is C14H19FN2O. The van der Waals surface area contributed by atoms with Gasteiger partial charge in [-0.2, -0.15) is 0 Å². The van der Waals surface area contributed by atoms with E-state index in [2.05, 4.69) is 17.6 Å². The smallest absolute Gasteiger partial charge is 0.238 e. The number of halogens is 1. The van der Waals surface area contributed by atoms with E-state index in [4.69, 9.17) is 0 Å². The van der Waals surface area contributed by atoms with E-state index in [9.17, 15) is 9.18 Å². The molecule has 2 rings (SSSR count). The minimum Gasteiger partial charge on any atom is -0.322 e. The number of rotatable bonds is 6. The SMILES string of the molecule is CC(CNCC(=O)Nc1ccccc1F)C1CC1. The van der Waals surface area contributed by atoms with Gasteiger partial charge in [-0.25, -0.2) is 4.39 Å². The molecule has 4 heteroatoms. The van der Waals surface area contributed by atoms with Crippen molar-refractivity contribution in [3.8, 4) is 0 Å². The third-order valence-electron chi connectivity index (χ3n) is 3.33. The van der Waals surface area contributed by atoms with Gasteiger partial charge < -0.3 is 10.6 Å². The first-order chi connectivity index (χ1) is 8.66. The van der Waals surface area contributed by atoms with Crippen LogP contribution in [-0.2, 0) is 4.79 Å². The van der Waals surface area contributed by atoms with Gasteiger partial charge in [0.05, 0.1) is 12.2 Å². The maximum absolute atomic E-state index is 13.3. The van der Waals surface area contributed by atoms with Gasteiger partial charge in [0.1, 0.15) is 5.82 Å². The molecular weight excluding hydrogens is 231 g/mol. The molecule has 98 valence electrons. The average molecular weight is 250 g/mol. The van der Waals surface area contributed by atoms with Crippen molar-refractivity contribution < 1.29 is 9.18 Å². The van der Waals surface area contributed by atoms with Crippen molar-refractivity contribution in [1.82, 2.24) is 5.32 Å². The second-order valence-corrected chi connectivity index (χ2v) is 4.97. The highest BCUT2D eigenvalue weighted by molar-refractivity contribution is 5.92. The van der Waals surface area contributed by atoms with Crippen molar-refractivity contribution in [3.05, 3.63) is 30.1 Å². The monoisotopic (exact) mass is 250 g/mol. The van der Waals surface area contributed by atoms with Gasteiger partial charge in [-0.1, -0.05) is 19.1 Å². The lowest BCUT2D eigenvalue weighted by atomic mass is 10.1. The average Bonchev–Trinajstić information content (AvgIpc) is 3.16. The molecule has 1 aliphatic rings. The Morgan fingerprint density at radius 3 is 2.83 bits per heavy atom. The van der Waals surface area contributed by atoms with Gasteiger partial charge in [-0.05, 0) is 43.4 Å². The van der Waals surface area contributed by atoms with Gasteiger partial charge in [0, 0.05) is 0 Å². The number of hydrogen-bond acceptors (Lipinski definition) is 2. The van der Waals surface area contributed by atoms with Crippen LogP contribution in [0.25, 0.3) is 0 Å². The van der Waals surface area contributed by atoms with Crippen molar-refractivity contribution in [2.24, 2.45) is 11.8 Å². The third-order valence-corrected chi connectivity index (χ3v) is 3.33. The predicted octanol–water partition coefficient (Wildman–Crippen LogP) is 2.40. The molecule has 1 aromatic carbocycles. The number of amides is 1. The van der Waals surface area contributed by atoms with E-state index in [1.54, 1.807) is 18.2 Å². The Hall–Kier alpha value is -1.42. The zero-order valence-corrected chi connectivity index (χ0v) is 10.6. The maximum Gasteiger partial charge on any atom is 0.238 e. The Balaban J connectivity index is 1.70. The van der Waals surface area contributed by atoms with Crippen LogP contribution >= 0.6 is 0 Å². The molecule has 0 aromatic heterocycles. The summed E-state index contributed by atoms with van der Waals surface area (Å²) < 4.78 is 13.3. The summed E-state index contributed by atoms with van der Waals surface area (Å²) in [5.41, 5.74) is 0.236. The molecule has 1 aliphatic carbocycles. The highest BCUT2D eigenvalue weighted by Crippen LogP contribution is 2.35. The van der Waals surface area contributed by atoms with Crippen LogP contribution in [0.2, 0.25) is 0 Å². The van der Waals surface area contributed by atoms with Crippen LogP contribution in [0.4, 0.5) is 10.1 Å². The van der Waals surface area contributed by atoms with Crippen molar-refractivity contribution in [2.75, 3.05) is 18.4 Å². The summed E-state index contributed by atoms with van der Waals surface area (Å²) in [5, 5.41) is 5.66. The summed E-state index contributed by atoms with van der Waals surface area (Å²) in [6.45, 7) is 3.26. The molecule has 2 N–H and O–H groups in total. The van der Waals surface area contributed by atoms with Gasteiger partial charge in [-0.3, -0.25) is 4.79 Å². The van der Waals surface area contributed by atoms with Crippen molar-refractivity contribution in [3.63, 3.8) is 0 Å². The summed E-state index contributed by atoms with van der Waals surface area (Å²) in [4.78, 5) is 11.6. The Morgan fingerprint density at radius 2 is 2.17 bits per heavy atom. The first-order valence-electron chi connectivity index (χ1n) is 6.42. The molecule has 1 amide bonds. The molecule has 1 unspecified atom stereocenters. The van der Waals surface area contributed by atoms with Crippen LogP contribution < -0.4 is 10.6 Å². The fourth-order valence-electron chi connectivity index (χ4n) is 2.00. The summed E-state index contributed by atoms with van der Waals surface area (Å²) >= 11 is 0. The molecule has 3 nitrogen and oxygen atoms in total. The number of anilines is 1. The van der Waals surface area contributed by atoms with Gasteiger partial charge in [0.2, 0.25) is 5.91 Å². The van der Waals surface area contributed by atoms with E-state index in [1.165, 1.54) is 18.9 Å². The fraction of sp³-hybridized carbons (Fsp3) is 0.500. The Morgan fingerprint density at radius 1 is 1.44 bits per heavy atom. The van der Waals surface area contributed by atoms with Crippen molar-refractivity contribution in [1.29, 1.82) is 0 Å². The standard InChI is InChI=1S/C14H19FN2O/c1-10(11-6-7-11)8-16-9-14(18)17-13-5-3-2-4-12(13)15/h2-5,10-11,16H,6-9H2,1H3,(H,17,18). The van der Waals surface area contributed by atoms with Crippen molar-refractivity contribution >= 4 is 11.6 Å². The number of para-hydroxylation sites is 1. The number of nitrogens with one attached hydrogen (secondary N) is 2. The largest absolute Gasteiger partial charge is 0.322 e. The lowest BCUT2D eigenvalue weighted by molar-refractivity contribution is -0.115. The van der Waals surface area contributed by atoms with Crippen LogP contribution in [0.5, 0.6) is 0 Å². The molecule has 0 bridgehead atoms. The summed E-state index contributed by atoms with van der Waals surface area (Å²) in [6.07, 6.45) is 2.62. The lowest BCUT2D eigenvalue weighted by Gasteiger charge is -2.11. The highest BCUT2D eigenvalue weighted by Gasteiger charge is 2.27. The molecule has 18 heavy (non-hydrogen) atoms. The predicted molar refractivity (Wildman–Crippen MR) is 69.8 cm³/mol. The third kappa shape index (κ3) is 3.81. The number of benzene rings is 1. The van der Waals surface area contributed by atoms with E-state index in [0.717, 1.165) is 12.5 Å². The summed E-state index contributed by atoms with van der Waals surface area (Å²) in [7, 11) is 0. The maximum atomic E-state index is 13.3. The zero-order chi connectivity index (χ0) is 13.0. The molecule has 1 aromatic rings. The summed E-state index contributed by atoms with van der Waals surface area (Å²) in [6, 6.07) is 6.18.